The molecular weight excluding hydrogens is 343 g/mol. The van der Waals surface area contributed by atoms with Gasteiger partial charge >= 0.3 is 0 Å². The Morgan fingerprint density at radius 1 is 1.20 bits per heavy atom. The number of sulfone groups is 1. The normalized spacial score (nSPS) is 13.3. The average Bonchev–Trinajstić information content (AvgIpc) is 2.55. The van der Waals surface area contributed by atoms with Crippen LogP contribution < -0.4 is 5.32 Å². The second-order valence-corrected chi connectivity index (χ2v) is 8.86. The van der Waals surface area contributed by atoms with Gasteiger partial charge in [0.05, 0.1) is 4.90 Å². The van der Waals surface area contributed by atoms with E-state index < -0.39 is 26.3 Å². The highest BCUT2D eigenvalue weighted by Crippen LogP contribution is 2.28. The lowest BCUT2D eigenvalue weighted by molar-refractivity contribution is -0.128. The number of amides is 1. The second-order valence-electron chi connectivity index (χ2n) is 6.73. The van der Waals surface area contributed by atoms with E-state index in [2.05, 4.69) is 10.3 Å². The SMILES string of the molecule is CC(C)(C)C(=O)NC[C@@H](c1cccnc1)S(=O)(=O)c1ccc(F)cc1. The van der Waals surface area contributed by atoms with Crippen LogP contribution in [-0.2, 0) is 14.6 Å². The summed E-state index contributed by atoms with van der Waals surface area (Å²) in [5.41, 5.74) is -0.180. The molecule has 134 valence electrons. The van der Waals surface area contributed by atoms with Crippen molar-refractivity contribution in [2.45, 2.75) is 30.9 Å². The summed E-state index contributed by atoms with van der Waals surface area (Å²) in [7, 11) is -3.83. The Morgan fingerprint density at radius 3 is 2.36 bits per heavy atom. The molecule has 0 spiro atoms. The Hall–Kier alpha value is -2.28. The molecule has 0 radical (unpaired) electrons. The van der Waals surface area contributed by atoms with Crippen molar-refractivity contribution >= 4 is 15.7 Å². The third-order valence-corrected chi connectivity index (χ3v) is 5.82. The van der Waals surface area contributed by atoms with E-state index in [1.54, 1.807) is 39.1 Å². The molecule has 0 aliphatic heterocycles. The van der Waals surface area contributed by atoms with Gasteiger partial charge in [-0.1, -0.05) is 26.8 Å². The molecule has 1 N–H and O–H groups in total. The van der Waals surface area contributed by atoms with Crippen LogP contribution in [0.5, 0.6) is 0 Å². The summed E-state index contributed by atoms with van der Waals surface area (Å²) in [4.78, 5) is 16.1. The van der Waals surface area contributed by atoms with Crippen LogP contribution in [0, 0.1) is 11.2 Å². The first-order chi connectivity index (χ1) is 11.6. The molecule has 0 bridgehead atoms. The van der Waals surface area contributed by atoms with Crippen LogP contribution in [0.2, 0.25) is 0 Å². The number of nitrogens with one attached hydrogen (secondary N) is 1. The van der Waals surface area contributed by atoms with Crippen molar-refractivity contribution in [1.82, 2.24) is 10.3 Å². The van der Waals surface area contributed by atoms with Crippen LogP contribution in [0.15, 0.2) is 53.7 Å². The standard InChI is InChI=1S/C18H21FN2O3S/c1-18(2,3)17(22)21-12-16(13-5-4-10-20-11-13)25(23,24)15-8-6-14(19)7-9-15/h4-11,16H,12H2,1-3H3,(H,21,22)/t16-/m0/s1. The van der Waals surface area contributed by atoms with Crippen molar-refractivity contribution in [2.24, 2.45) is 5.41 Å². The molecule has 0 aliphatic rings. The van der Waals surface area contributed by atoms with Crippen molar-refractivity contribution in [2.75, 3.05) is 6.54 Å². The van der Waals surface area contributed by atoms with Gasteiger partial charge in [-0.15, -0.1) is 0 Å². The summed E-state index contributed by atoms with van der Waals surface area (Å²) in [6, 6.07) is 7.91. The number of carbonyl (C=O) groups is 1. The molecule has 5 nitrogen and oxygen atoms in total. The fourth-order valence-electron chi connectivity index (χ4n) is 2.21. The largest absolute Gasteiger partial charge is 0.354 e. The number of rotatable bonds is 5. The Balaban J connectivity index is 2.38. The fraction of sp³-hybridized carbons (Fsp3) is 0.333. The van der Waals surface area contributed by atoms with Crippen LogP contribution >= 0.6 is 0 Å². The Labute approximate surface area is 147 Å². The Kier molecular flexibility index (Phi) is 5.57. The van der Waals surface area contributed by atoms with E-state index >= 15 is 0 Å². The van der Waals surface area contributed by atoms with E-state index in [0.717, 1.165) is 12.1 Å². The van der Waals surface area contributed by atoms with Crippen molar-refractivity contribution in [3.8, 4) is 0 Å². The molecule has 1 aromatic heterocycles. The number of aromatic nitrogens is 1. The lowest BCUT2D eigenvalue weighted by Crippen LogP contribution is -2.38. The van der Waals surface area contributed by atoms with Gasteiger partial charge < -0.3 is 5.32 Å². The second kappa shape index (κ2) is 7.31. The van der Waals surface area contributed by atoms with Gasteiger partial charge in [0.15, 0.2) is 9.84 Å². The van der Waals surface area contributed by atoms with E-state index in [1.165, 1.54) is 18.3 Å². The number of carbonyl (C=O) groups excluding carboxylic acids is 1. The molecule has 1 atom stereocenters. The van der Waals surface area contributed by atoms with Gasteiger partial charge in [-0.05, 0) is 35.9 Å². The minimum atomic E-state index is -3.83. The smallest absolute Gasteiger partial charge is 0.225 e. The van der Waals surface area contributed by atoms with Gasteiger partial charge in [0.2, 0.25) is 5.91 Å². The zero-order valence-corrected chi connectivity index (χ0v) is 15.2. The van der Waals surface area contributed by atoms with E-state index in [-0.39, 0.29) is 17.3 Å². The number of nitrogens with zero attached hydrogens (tertiary/aromatic N) is 1. The first kappa shape index (κ1) is 19.1. The number of benzene rings is 1. The molecule has 2 rings (SSSR count). The Morgan fingerprint density at radius 2 is 1.84 bits per heavy atom. The van der Waals surface area contributed by atoms with Gasteiger partial charge in [0, 0.05) is 24.4 Å². The van der Waals surface area contributed by atoms with Crippen LogP contribution in [-0.4, -0.2) is 25.9 Å². The molecule has 1 amide bonds. The maximum Gasteiger partial charge on any atom is 0.225 e. The van der Waals surface area contributed by atoms with Crippen LogP contribution in [0.4, 0.5) is 4.39 Å². The molecule has 0 saturated heterocycles. The van der Waals surface area contributed by atoms with E-state index in [1.807, 2.05) is 0 Å². The highest BCUT2D eigenvalue weighted by molar-refractivity contribution is 7.91. The van der Waals surface area contributed by atoms with E-state index in [9.17, 15) is 17.6 Å². The zero-order chi connectivity index (χ0) is 18.7. The Bertz CT molecular complexity index is 829. The van der Waals surface area contributed by atoms with Crippen molar-refractivity contribution in [3.05, 3.63) is 60.2 Å². The topological polar surface area (TPSA) is 76.1 Å². The third-order valence-electron chi connectivity index (χ3n) is 3.70. The number of halogens is 1. The summed E-state index contributed by atoms with van der Waals surface area (Å²) < 4.78 is 39.1. The molecule has 0 saturated carbocycles. The van der Waals surface area contributed by atoms with Gasteiger partial charge in [0.1, 0.15) is 11.1 Å². The maximum atomic E-state index is 13.1. The maximum absolute atomic E-state index is 13.1. The molecule has 0 unspecified atom stereocenters. The fourth-order valence-corrected chi connectivity index (χ4v) is 3.86. The summed E-state index contributed by atoms with van der Waals surface area (Å²) >= 11 is 0. The summed E-state index contributed by atoms with van der Waals surface area (Å²) in [5.74, 6) is -0.770. The predicted molar refractivity (Wildman–Crippen MR) is 93.0 cm³/mol. The minimum Gasteiger partial charge on any atom is -0.354 e. The summed E-state index contributed by atoms with van der Waals surface area (Å²) in [6.45, 7) is 5.14. The quantitative estimate of drug-likeness (QED) is 0.828. The van der Waals surface area contributed by atoms with Gasteiger partial charge in [-0.3, -0.25) is 9.78 Å². The highest BCUT2D eigenvalue weighted by atomic mass is 32.2. The zero-order valence-electron chi connectivity index (χ0n) is 14.4. The highest BCUT2D eigenvalue weighted by Gasteiger charge is 2.31. The molecule has 1 heterocycles. The molecule has 25 heavy (non-hydrogen) atoms. The van der Waals surface area contributed by atoms with E-state index in [4.69, 9.17) is 0 Å². The lowest BCUT2D eigenvalue weighted by atomic mass is 9.95. The van der Waals surface area contributed by atoms with Crippen molar-refractivity contribution in [1.29, 1.82) is 0 Å². The van der Waals surface area contributed by atoms with Crippen LogP contribution in [0.25, 0.3) is 0 Å². The van der Waals surface area contributed by atoms with Crippen molar-refractivity contribution in [3.63, 3.8) is 0 Å². The number of hydrogen-bond donors (Lipinski definition) is 1. The number of hydrogen-bond acceptors (Lipinski definition) is 4. The minimum absolute atomic E-state index is 0.00670. The molecule has 0 fully saturated rings. The molecular formula is C18H21FN2O3S. The first-order valence-electron chi connectivity index (χ1n) is 7.80. The van der Waals surface area contributed by atoms with Gasteiger partial charge in [-0.2, -0.15) is 0 Å². The molecule has 1 aromatic carbocycles. The van der Waals surface area contributed by atoms with E-state index in [0.29, 0.717) is 5.56 Å². The van der Waals surface area contributed by atoms with Crippen LogP contribution in [0.1, 0.15) is 31.6 Å². The first-order valence-corrected chi connectivity index (χ1v) is 9.34. The average molecular weight is 364 g/mol. The monoisotopic (exact) mass is 364 g/mol. The predicted octanol–water partition coefficient (Wildman–Crippen LogP) is 2.90. The van der Waals surface area contributed by atoms with Crippen LogP contribution in [0.3, 0.4) is 0 Å². The number of pyridine rings is 1. The van der Waals surface area contributed by atoms with Gasteiger partial charge in [-0.25, -0.2) is 12.8 Å². The molecule has 0 aliphatic carbocycles. The molecule has 7 heteroatoms. The summed E-state index contributed by atoms with van der Waals surface area (Å²) in [5, 5.41) is 1.67. The summed E-state index contributed by atoms with van der Waals surface area (Å²) in [6.07, 6.45) is 2.99. The van der Waals surface area contributed by atoms with Gasteiger partial charge in [0.25, 0.3) is 0 Å². The van der Waals surface area contributed by atoms with Crippen molar-refractivity contribution < 1.29 is 17.6 Å². The third kappa shape index (κ3) is 4.63. The lowest BCUT2D eigenvalue weighted by Gasteiger charge is -2.22. The molecule has 2 aromatic rings.